The van der Waals surface area contributed by atoms with Crippen molar-refractivity contribution in [2.45, 2.75) is 69.3 Å². The molecule has 0 aliphatic carbocycles. The largest absolute Gasteiger partial charge is 0.480 e. The second-order valence-electron chi connectivity index (χ2n) is 8.20. The van der Waals surface area contributed by atoms with Crippen LogP contribution in [-0.4, -0.2) is 91.5 Å². The van der Waals surface area contributed by atoms with Gasteiger partial charge in [-0.25, -0.2) is 9.78 Å². The number of carbonyl (C=O) groups excluding carboxylic acids is 4. The summed E-state index contributed by atoms with van der Waals surface area (Å²) in [6, 6.07) is -4.79. The molecule has 0 spiro atoms. The number of rotatable bonds is 12. The molecule has 1 aromatic heterocycles. The number of H-pyrrole nitrogens is 1. The van der Waals surface area contributed by atoms with Crippen molar-refractivity contribution in [2.24, 2.45) is 11.5 Å². The van der Waals surface area contributed by atoms with Gasteiger partial charge in [-0.2, -0.15) is 0 Å². The van der Waals surface area contributed by atoms with Gasteiger partial charge in [-0.05, 0) is 26.2 Å². The maximum absolute atomic E-state index is 13.1. The van der Waals surface area contributed by atoms with Crippen LogP contribution in [0.15, 0.2) is 12.5 Å². The van der Waals surface area contributed by atoms with Crippen LogP contribution in [0.25, 0.3) is 0 Å². The Hall–Kier alpha value is -3.52. The highest BCUT2D eigenvalue weighted by Gasteiger charge is 2.38. The summed E-state index contributed by atoms with van der Waals surface area (Å²) in [6.45, 7) is 1.51. The number of carboxylic acid groups (broad SMARTS) is 1. The van der Waals surface area contributed by atoms with Crippen LogP contribution >= 0.6 is 0 Å². The molecule has 1 fully saturated rings. The summed E-state index contributed by atoms with van der Waals surface area (Å²) in [5.74, 6) is -4.09. The number of aromatic nitrogens is 2. The molecule has 0 saturated carbocycles. The number of nitrogens with one attached hydrogen (secondary N) is 3. The standard InChI is InChI=1S/C20H31N7O7/c1-10(28)16(22)18(31)26-13(7-11-8-23-9-24-11)17(30)25-12(4-5-15(21)29)19(32)27-6-2-3-14(27)20(33)34/h8-10,12-14,16,28H,2-7,22H2,1H3,(H2,21,29)(H,23,24)(H,25,30)(H,26,31)(H,33,34). The van der Waals surface area contributed by atoms with E-state index in [0.717, 1.165) is 4.90 Å². The van der Waals surface area contributed by atoms with E-state index in [1.807, 2.05) is 0 Å². The number of aliphatic hydroxyl groups excluding tert-OH is 1. The van der Waals surface area contributed by atoms with E-state index in [4.69, 9.17) is 11.5 Å². The van der Waals surface area contributed by atoms with E-state index in [1.54, 1.807) is 0 Å². The third-order valence-electron chi connectivity index (χ3n) is 5.55. The first-order valence-electron chi connectivity index (χ1n) is 10.8. The normalized spacial score (nSPS) is 19.0. The van der Waals surface area contributed by atoms with Crippen molar-refractivity contribution in [3.63, 3.8) is 0 Å². The second kappa shape index (κ2) is 12.1. The topological polar surface area (TPSA) is 234 Å². The highest BCUT2D eigenvalue weighted by atomic mass is 16.4. The Bertz CT molecular complexity index is 890. The predicted molar refractivity (Wildman–Crippen MR) is 117 cm³/mol. The van der Waals surface area contributed by atoms with Gasteiger partial charge in [0, 0.05) is 31.3 Å². The summed E-state index contributed by atoms with van der Waals surface area (Å²) in [7, 11) is 0. The first kappa shape index (κ1) is 26.7. The summed E-state index contributed by atoms with van der Waals surface area (Å²) in [5.41, 5.74) is 11.4. The summed E-state index contributed by atoms with van der Waals surface area (Å²) in [5, 5.41) is 23.9. The molecule has 0 radical (unpaired) electrons. The molecule has 0 bridgehead atoms. The van der Waals surface area contributed by atoms with Crippen LogP contribution in [0.2, 0.25) is 0 Å². The third-order valence-corrected chi connectivity index (χ3v) is 5.55. The van der Waals surface area contributed by atoms with Crippen LogP contribution in [0.5, 0.6) is 0 Å². The zero-order valence-corrected chi connectivity index (χ0v) is 18.8. The Morgan fingerprint density at radius 1 is 1.24 bits per heavy atom. The number of amides is 4. The fraction of sp³-hybridized carbons (Fsp3) is 0.600. The number of nitrogens with two attached hydrogens (primary N) is 2. The highest BCUT2D eigenvalue weighted by molar-refractivity contribution is 5.94. The molecule has 1 aliphatic rings. The van der Waals surface area contributed by atoms with E-state index >= 15 is 0 Å². The molecule has 14 nitrogen and oxygen atoms in total. The fourth-order valence-electron chi connectivity index (χ4n) is 3.62. The molecule has 1 aliphatic heterocycles. The average molecular weight is 482 g/mol. The number of carbonyl (C=O) groups is 5. The maximum Gasteiger partial charge on any atom is 0.326 e. The number of likely N-dealkylation sites (tertiary alicyclic amines) is 1. The Morgan fingerprint density at radius 2 is 1.91 bits per heavy atom. The van der Waals surface area contributed by atoms with Gasteiger partial charge < -0.3 is 42.2 Å². The molecule has 1 saturated heterocycles. The van der Waals surface area contributed by atoms with Crippen molar-refractivity contribution in [3.05, 3.63) is 18.2 Å². The minimum Gasteiger partial charge on any atom is -0.480 e. The molecule has 14 heteroatoms. The Labute approximate surface area is 195 Å². The van der Waals surface area contributed by atoms with Gasteiger partial charge >= 0.3 is 5.97 Å². The van der Waals surface area contributed by atoms with E-state index in [1.165, 1.54) is 19.4 Å². The third kappa shape index (κ3) is 7.25. The van der Waals surface area contributed by atoms with Crippen molar-refractivity contribution < 1.29 is 34.2 Å². The van der Waals surface area contributed by atoms with Crippen LogP contribution in [0.4, 0.5) is 0 Å². The lowest BCUT2D eigenvalue weighted by molar-refractivity contribution is -0.149. The Balaban J connectivity index is 2.22. The number of aromatic amines is 1. The molecule has 34 heavy (non-hydrogen) atoms. The molecule has 188 valence electrons. The second-order valence-corrected chi connectivity index (χ2v) is 8.20. The summed E-state index contributed by atoms with van der Waals surface area (Å²) >= 11 is 0. The van der Waals surface area contributed by atoms with Crippen LogP contribution in [-0.2, 0) is 30.4 Å². The Morgan fingerprint density at radius 3 is 2.47 bits per heavy atom. The van der Waals surface area contributed by atoms with Gasteiger partial charge in [0.15, 0.2) is 0 Å². The van der Waals surface area contributed by atoms with Crippen molar-refractivity contribution in [1.82, 2.24) is 25.5 Å². The molecule has 5 atom stereocenters. The minimum absolute atomic E-state index is 0.0394. The summed E-state index contributed by atoms with van der Waals surface area (Å²) in [6.07, 6.45) is 1.98. The molecule has 0 aromatic carbocycles. The van der Waals surface area contributed by atoms with E-state index in [2.05, 4.69) is 20.6 Å². The van der Waals surface area contributed by atoms with Gasteiger partial charge in [-0.3, -0.25) is 19.2 Å². The first-order valence-corrected chi connectivity index (χ1v) is 10.8. The van der Waals surface area contributed by atoms with E-state index < -0.39 is 59.9 Å². The van der Waals surface area contributed by atoms with Gasteiger partial charge in [-0.1, -0.05) is 0 Å². The van der Waals surface area contributed by atoms with Gasteiger partial charge in [0.2, 0.25) is 23.6 Å². The van der Waals surface area contributed by atoms with E-state index in [0.29, 0.717) is 12.1 Å². The SMILES string of the molecule is CC(O)C(N)C(=O)NC(Cc1cnc[nH]1)C(=O)NC(CCC(N)=O)C(=O)N1CCCC1C(=O)O. The molecule has 2 heterocycles. The van der Waals surface area contributed by atoms with Gasteiger partial charge in [0.1, 0.15) is 24.2 Å². The monoisotopic (exact) mass is 481 g/mol. The number of carboxylic acids is 1. The number of hydrogen-bond acceptors (Lipinski definition) is 8. The number of aliphatic hydroxyl groups is 1. The number of aliphatic carboxylic acids is 1. The van der Waals surface area contributed by atoms with Crippen molar-refractivity contribution in [1.29, 1.82) is 0 Å². The Kier molecular flexibility index (Phi) is 9.50. The van der Waals surface area contributed by atoms with Crippen molar-refractivity contribution >= 4 is 29.6 Å². The lowest BCUT2D eigenvalue weighted by Crippen LogP contribution is -2.58. The van der Waals surface area contributed by atoms with Crippen LogP contribution < -0.4 is 22.1 Å². The zero-order valence-electron chi connectivity index (χ0n) is 18.8. The molecular weight excluding hydrogens is 450 g/mol. The molecule has 9 N–H and O–H groups in total. The van der Waals surface area contributed by atoms with Crippen LogP contribution in [0.1, 0.15) is 38.3 Å². The lowest BCUT2D eigenvalue weighted by Gasteiger charge is -2.29. The zero-order chi connectivity index (χ0) is 25.4. The van der Waals surface area contributed by atoms with E-state index in [9.17, 15) is 34.2 Å². The summed E-state index contributed by atoms with van der Waals surface area (Å²) < 4.78 is 0. The summed E-state index contributed by atoms with van der Waals surface area (Å²) in [4.78, 5) is 69.3. The number of imidazole rings is 1. The first-order chi connectivity index (χ1) is 16.0. The quantitative estimate of drug-likeness (QED) is 0.161. The molecule has 2 rings (SSSR count). The van der Waals surface area contributed by atoms with Crippen LogP contribution in [0.3, 0.4) is 0 Å². The van der Waals surface area contributed by atoms with E-state index in [-0.39, 0.29) is 32.2 Å². The predicted octanol–water partition coefficient (Wildman–Crippen LogP) is -3.03. The molecule has 4 amide bonds. The average Bonchev–Trinajstić information content (AvgIpc) is 3.46. The van der Waals surface area contributed by atoms with Crippen molar-refractivity contribution in [3.8, 4) is 0 Å². The number of hydrogen-bond donors (Lipinski definition) is 7. The van der Waals surface area contributed by atoms with Gasteiger partial charge in [-0.15, -0.1) is 0 Å². The van der Waals surface area contributed by atoms with Gasteiger partial charge in [0.05, 0.1) is 12.4 Å². The fourth-order valence-corrected chi connectivity index (χ4v) is 3.62. The maximum atomic E-state index is 13.1. The molecule has 1 aromatic rings. The minimum atomic E-state index is -1.30. The van der Waals surface area contributed by atoms with Crippen molar-refractivity contribution in [2.75, 3.05) is 6.54 Å². The highest BCUT2D eigenvalue weighted by Crippen LogP contribution is 2.19. The molecule has 5 unspecified atom stereocenters. The lowest BCUT2D eigenvalue weighted by atomic mass is 10.1. The number of nitrogens with zero attached hydrogens (tertiary/aromatic N) is 2. The smallest absolute Gasteiger partial charge is 0.326 e. The van der Waals surface area contributed by atoms with Crippen LogP contribution in [0, 0.1) is 0 Å². The number of primary amides is 1. The molecular formula is C20H31N7O7. The van der Waals surface area contributed by atoms with Gasteiger partial charge in [0.25, 0.3) is 0 Å².